The van der Waals surface area contributed by atoms with Crippen LogP contribution in [0.5, 0.6) is 0 Å². The third kappa shape index (κ3) is 5.86. The van der Waals surface area contributed by atoms with E-state index in [1.807, 2.05) is 0 Å². The van der Waals surface area contributed by atoms with E-state index in [-0.39, 0.29) is 18.1 Å². The number of amides is 1. The molecule has 9 nitrogen and oxygen atoms in total. The highest BCUT2D eigenvalue weighted by molar-refractivity contribution is 7.89. The van der Waals surface area contributed by atoms with Crippen molar-refractivity contribution >= 4 is 38.6 Å². The van der Waals surface area contributed by atoms with E-state index in [2.05, 4.69) is 10.0 Å². The molecule has 1 amide bonds. The van der Waals surface area contributed by atoms with Gasteiger partial charge in [-0.25, -0.2) is 17.6 Å². The first-order chi connectivity index (χ1) is 16.0. The molecule has 1 unspecified atom stereocenters. The summed E-state index contributed by atoms with van der Waals surface area (Å²) in [5.74, 6) is -2.67. The summed E-state index contributed by atoms with van der Waals surface area (Å²) in [4.78, 5) is 35.4. The van der Waals surface area contributed by atoms with Gasteiger partial charge in [-0.15, -0.1) is 0 Å². The smallest absolute Gasteiger partial charge is 0.336 e. The quantitative estimate of drug-likeness (QED) is 0.367. The van der Waals surface area contributed by atoms with Crippen LogP contribution in [-0.2, 0) is 31.0 Å². The van der Waals surface area contributed by atoms with Gasteiger partial charge in [-0.05, 0) is 30.2 Å². The van der Waals surface area contributed by atoms with Crippen molar-refractivity contribution < 1.29 is 31.6 Å². The van der Waals surface area contributed by atoms with Crippen molar-refractivity contribution in [2.75, 3.05) is 5.32 Å². The first-order valence-electron chi connectivity index (χ1n) is 10.3. The topological polar surface area (TPSA) is 132 Å². The van der Waals surface area contributed by atoms with E-state index in [1.165, 1.54) is 25.1 Å². The molecule has 2 N–H and O–H groups in total. The number of anilines is 1. The lowest BCUT2D eigenvalue weighted by Gasteiger charge is -2.21. The van der Waals surface area contributed by atoms with Crippen LogP contribution < -0.4 is 15.7 Å². The number of esters is 1. The Hall–Kier alpha value is -3.57. The summed E-state index contributed by atoms with van der Waals surface area (Å²) in [6.45, 7) is 4.20. The Labute approximate surface area is 195 Å². The van der Waals surface area contributed by atoms with E-state index < -0.39 is 44.3 Å². The average Bonchev–Trinajstić information content (AvgIpc) is 2.74. The number of carbonyl (C=O) groups excluding carboxylic acids is 2. The Bertz CT molecular complexity index is 1400. The number of benzene rings is 2. The van der Waals surface area contributed by atoms with E-state index in [1.54, 1.807) is 26.0 Å². The molecule has 0 saturated heterocycles. The predicted octanol–water partition coefficient (Wildman–Crippen LogP) is 2.94. The minimum absolute atomic E-state index is 0.172. The number of fused-ring (bicyclic) bond motifs is 1. The summed E-state index contributed by atoms with van der Waals surface area (Å²) in [6.07, 6.45) is 0. The fraction of sp³-hybridized carbons (Fsp3) is 0.261. The molecule has 180 valence electrons. The highest BCUT2D eigenvalue weighted by Gasteiger charge is 2.31. The van der Waals surface area contributed by atoms with Gasteiger partial charge in [0.2, 0.25) is 15.9 Å². The molecule has 0 bridgehead atoms. The molecule has 0 aliphatic carbocycles. The van der Waals surface area contributed by atoms with Crippen LogP contribution >= 0.6 is 0 Å². The standard InChI is InChI=1S/C23H23FN2O7S/c1-13(2)22(26-34(30,31)20-7-5-4-6-18(20)24)23(29)32-12-15-10-21(28)33-19-11-16(25-14(3)27)8-9-17(15)19/h4-11,13,22,26H,12H2,1-3H3,(H,25,27). The highest BCUT2D eigenvalue weighted by atomic mass is 32.2. The van der Waals surface area contributed by atoms with Gasteiger partial charge in [-0.2, -0.15) is 4.72 Å². The molecule has 0 aliphatic heterocycles. The van der Waals surface area contributed by atoms with Gasteiger partial charge in [-0.3, -0.25) is 9.59 Å². The van der Waals surface area contributed by atoms with Crippen molar-refractivity contribution in [3.63, 3.8) is 0 Å². The first-order valence-corrected chi connectivity index (χ1v) is 11.7. The lowest BCUT2D eigenvalue weighted by molar-refractivity contribution is -0.148. The summed E-state index contributed by atoms with van der Waals surface area (Å²) >= 11 is 0. The number of hydrogen-bond acceptors (Lipinski definition) is 7. The molecular formula is C23H23FN2O7S. The summed E-state index contributed by atoms with van der Waals surface area (Å²) in [7, 11) is -4.34. The molecule has 2 aromatic carbocycles. The summed E-state index contributed by atoms with van der Waals surface area (Å²) in [5.41, 5.74) is 0.220. The molecule has 1 atom stereocenters. The van der Waals surface area contributed by atoms with Gasteiger partial charge < -0.3 is 14.5 Å². The molecule has 0 spiro atoms. The van der Waals surface area contributed by atoms with Crippen LogP contribution in [-0.4, -0.2) is 26.3 Å². The van der Waals surface area contributed by atoms with Crippen LogP contribution in [0.4, 0.5) is 10.1 Å². The van der Waals surface area contributed by atoms with Gasteiger partial charge in [-0.1, -0.05) is 26.0 Å². The van der Waals surface area contributed by atoms with E-state index in [0.717, 1.165) is 18.2 Å². The summed E-state index contributed by atoms with van der Waals surface area (Å²) in [6, 6.07) is 9.30. The third-order valence-corrected chi connectivity index (χ3v) is 6.32. The maximum absolute atomic E-state index is 14.0. The minimum Gasteiger partial charge on any atom is -0.460 e. The van der Waals surface area contributed by atoms with Crippen molar-refractivity contribution in [3.8, 4) is 0 Å². The number of nitrogens with one attached hydrogen (secondary N) is 2. The predicted molar refractivity (Wildman–Crippen MR) is 122 cm³/mol. The van der Waals surface area contributed by atoms with Crippen LogP contribution in [0.25, 0.3) is 11.0 Å². The lowest BCUT2D eigenvalue weighted by atomic mass is 10.1. The maximum Gasteiger partial charge on any atom is 0.336 e. The molecule has 0 saturated carbocycles. The Morgan fingerprint density at radius 3 is 2.47 bits per heavy atom. The number of ether oxygens (including phenoxy) is 1. The summed E-state index contributed by atoms with van der Waals surface area (Å²) in [5, 5.41) is 3.04. The number of halogens is 1. The Morgan fingerprint density at radius 1 is 1.12 bits per heavy atom. The van der Waals surface area contributed by atoms with Gasteiger partial charge in [0.1, 0.15) is 28.9 Å². The van der Waals surface area contributed by atoms with E-state index in [4.69, 9.17) is 9.15 Å². The molecule has 0 aliphatic rings. The Balaban J connectivity index is 1.82. The first kappa shape index (κ1) is 25.1. The number of carbonyl (C=O) groups is 2. The van der Waals surface area contributed by atoms with Crippen LogP contribution in [0.3, 0.4) is 0 Å². The summed E-state index contributed by atoms with van der Waals surface area (Å²) < 4.78 is 51.9. The molecule has 11 heteroatoms. The van der Waals surface area contributed by atoms with Gasteiger partial charge >= 0.3 is 11.6 Å². The molecule has 34 heavy (non-hydrogen) atoms. The zero-order valence-corrected chi connectivity index (χ0v) is 19.4. The zero-order valence-electron chi connectivity index (χ0n) is 18.6. The number of rotatable bonds is 8. The zero-order chi connectivity index (χ0) is 25.0. The second-order valence-corrected chi connectivity index (χ2v) is 9.55. The minimum atomic E-state index is -4.34. The fourth-order valence-corrected chi connectivity index (χ4v) is 4.63. The van der Waals surface area contributed by atoms with Crippen LogP contribution in [0, 0.1) is 11.7 Å². The van der Waals surface area contributed by atoms with Crippen molar-refractivity contribution in [1.29, 1.82) is 0 Å². The maximum atomic E-state index is 14.0. The van der Waals surface area contributed by atoms with Crippen LogP contribution in [0.15, 0.2) is 62.6 Å². The molecule has 3 rings (SSSR count). The van der Waals surface area contributed by atoms with Gasteiger partial charge in [0.15, 0.2) is 0 Å². The molecule has 3 aromatic rings. The SMILES string of the molecule is CC(=O)Nc1ccc2c(COC(=O)C(NS(=O)(=O)c3ccccc3F)C(C)C)cc(=O)oc2c1. The van der Waals surface area contributed by atoms with Gasteiger partial charge in [0.05, 0.1) is 0 Å². The van der Waals surface area contributed by atoms with Gasteiger partial charge in [0, 0.05) is 35.7 Å². The highest BCUT2D eigenvalue weighted by Crippen LogP contribution is 2.23. The molecule has 0 radical (unpaired) electrons. The van der Waals surface area contributed by atoms with Gasteiger partial charge in [0.25, 0.3) is 0 Å². The fourth-order valence-electron chi connectivity index (χ4n) is 3.22. The Kier molecular flexibility index (Phi) is 7.48. The van der Waals surface area contributed by atoms with Crippen molar-refractivity contribution in [2.45, 2.75) is 38.3 Å². The van der Waals surface area contributed by atoms with E-state index in [0.29, 0.717) is 16.6 Å². The second-order valence-electron chi connectivity index (χ2n) is 7.86. The van der Waals surface area contributed by atoms with Crippen molar-refractivity contribution in [2.24, 2.45) is 5.92 Å². The molecule has 1 aromatic heterocycles. The van der Waals surface area contributed by atoms with Crippen molar-refractivity contribution in [3.05, 3.63) is 70.3 Å². The number of sulfonamides is 1. The molecule has 0 fully saturated rings. The molecule has 1 heterocycles. The van der Waals surface area contributed by atoms with Crippen molar-refractivity contribution in [1.82, 2.24) is 4.72 Å². The largest absolute Gasteiger partial charge is 0.460 e. The normalized spacial score (nSPS) is 12.5. The second kappa shape index (κ2) is 10.1. The Morgan fingerprint density at radius 2 is 1.82 bits per heavy atom. The lowest BCUT2D eigenvalue weighted by Crippen LogP contribution is -2.45. The molecular weight excluding hydrogens is 467 g/mol. The van der Waals surface area contributed by atoms with Crippen LogP contribution in [0.2, 0.25) is 0 Å². The monoisotopic (exact) mass is 490 g/mol. The van der Waals surface area contributed by atoms with E-state index in [9.17, 15) is 27.2 Å². The van der Waals surface area contributed by atoms with E-state index >= 15 is 0 Å². The number of hydrogen-bond donors (Lipinski definition) is 2. The van der Waals surface area contributed by atoms with Crippen LogP contribution in [0.1, 0.15) is 26.3 Å². The third-order valence-electron chi connectivity index (χ3n) is 4.85. The average molecular weight is 491 g/mol.